The van der Waals surface area contributed by atoms with Crippen molar-refractivity contribution >= 4 is 5.91 Å². The van der Waals surface area contributed by atoms with Crippen LogP contribution < -0.4 is 11.1 Å². The molecule has 0 aliphatic heterocycles. The van der Waals surface area contributed by atoms with E-state index in [4.69, 9.17) is 5.73 Å². The van der Waals surface area contributed by atoms with Crippen molar-refractivity contribution in [1.29, 1.82) is 0 Å². The standard InChI is InChI=1S/C14H28N2O2/c1-3-5-12(15)13(17)16-10-14(18)8-6-11(4-2)7-9-14/h11-12,18H,3-10,15H2,1-2H3,(H,16,17). The highest BCUT2D eigenvalue weighted by molar-refractivity contribution is 5.81. The molecule has 0 bridgehead atoms. The van der Waals surface area contributed by atoms with Crippen molar-refractivity contribution in [2.75, 3.05) is 6.54 Å². The Labute approximate surface area is 110 Å². The molecule has 1 aliphatic rings. The lowest BCUT2D eigenvalue weighted by Gasteiger charge is -2.36. The highest BCUT2D eigenvalue weighted by Crippen LogP contribution is 2.33. The van der Waals surface area contributed by atoms with Crippen LogP contribution in [0, 0.1) is 5.92 Å². The molecule has 0 heterocycles. The minimum absolute atomic E-state index is 0.136. The zero-order valence-corrected chi connectivity index (χ0v) is 11.7. The molecular formula is C14H28N2O2. The first kappa shape index (κ1) is 15.4. The van der Waals surface area contributed by atoms with Crippen LogP contribution in [0.2, 0.25) is 0 Å². The molecule has 0 aromatic heterocycles. The summed E-state index contributed by atoms with van der Waals surface area (Å²) in [4.78, 5) is 11.7. The Morgan fingerprint density at radius 2 is 2.06 bits per heavy atom. The van der Waals surface area contributed by atoms with E-state index in [1.807, 2.05) is 6.92 Å². The van der Waals surface area contributed by atoms with E-state index in [-0.39, 0.29) is 5.91 Å². The van der Waals surface area contributed by atoms with Gasteiger partial charge < -0.3 is 16.2 Å². The van der Waals surface area contributed by atoms with Crippen LogP contribution in [0.15, 0.2) is 0 Å². The van der Waals surface area contributed by atoms with Crippen LogP contribution in [-0.4, -0.2) is 29.2 Å². The number of hydrogen-bond acceptors (Lipinski definition) is 3. The van der Waals surface area contributed by atoms with Gasteiger partial charge in [-0.1, -0.05) is 26.7 Å². The molecule has 1 saturated carbocycles. The Morgan fingerprint density at radius 3 is 2.56 bits per heavy atom. The number of nitrogens with two attached hydrogens (primary N) is 1. The minimum Gasteiger partial charge on any atom is -0.388 e. The molecule has 1 fully saturated rings. The second kappa shape index (κ2) is 7.10. The topological polar surface area (TPSA) is 75.4 Å². The number of aliphatic hydroxyl groups is 1. The van der Waals surface area contributed by atoms with Gasteiger partial charge in [-0.15, -0.1) is 0 Å². The van der Waals surface area contributed by atoms with Crippen LogP contribution in [0.25, 0.3) is 0 Å². The molecule has 1 amide bonds. The van der Waals surface area contributed by atoms with E-state index >= 15 is 0 Å². The molecule has 4 nitrogen and oxygen atoms in total. The Hall–Kier alpha value is -0.610. The molecule has 0 spiro atoms. The predicted octanol–water partition coefficient (Wildman–Crippen LogP) is 1.56. The number of amides is 1. The lowest BCUT2D eigenvalue weighted by Crippen LogP contribution is -2.49. The van der Waals surface area contributed by atoms with E-state index < -0.39 is 11.6 Å². The van der Waals surface area contributed by atoms with Crippen LogP contribution in [0.5, 0.6) is 0 Å². The first-order chi connectivity index (χ1) is 8.50. The van der Waals surface area contributed by atoms with Crippen molar-refractivity contribution in [2.45, 2.75) is 70.4 Å². The predicted molar refractivity (Wildman–Crippen MR) is 73.1 cm³/mol. The Balaban J connectivity index is 2.32. The smallest absolute Gasteiger partial charge is 0.237 e. The fourth-order valence-corrected chi connectivity index (χ4v) is 2.62. The van der Waals surface area contributed by atoms with Crippen LogP contribution in [0.3, 0.4) is 0 Å². The fourth-order valence-electron chi connectivity index (χ4n) is 2.62. The fraction of sp³-hybridized carbons (Fsp3) is 0.929. The molecule has 1 aliphatic carbocycles. The quantitative estimate of drug-likeness (QED) is 0.675. The summed E-state index contributed by atoms with van der Waals surface area (Å²) in [6.07, 6.45) is 6.47. The third-order valence-corrected chi connectivity index (χ3v) is 4.14. The van der Waals surface area contributed by atoms with Crippen molar-refractivity contribution in [3.8, 4) is 0 Å². The van der Waals surface area contributed by atoms with Crippen LogP contribution in [0.1, 0.15) is 58.8 Å². The van der Waals surface area contributed by atoms with E-state index in [1.165, 1.54) is 6.42 Å². The van der Waals surface area contributed by atoms with Gasteiger partial charge in [0, 0.05) is 6.54 Å². The number of hydrogen-bond donors (Lipinski definition) is 3. The number of rotatable bonds is 6. The van der Waals surface area contributed by atoms with Gasteiger partial charge in [0.25, 0.3) is 0 Å². The van der Waals surface area contributed by atoms with E-state index in [0.29, 0.717) is 13.0 Å². The lowest BCUT2D eigenvalue weighted by molar-refractivity contribution is -0.124. The van der Waals surface area contributed by atoms with Gasteiger partial charge in [-0.2, -0.15) is 0 Å². The van der Waals surface area contributed by atoms with Gasteiger partial charge in [-0.3, -0.25) is 4.79 Å². The van der Waals surface area contributed by atoms with Crippen molar-refractivity contribution in [3.05, 3.63) is 0 Å². The molecular weight excluding hydrogens is 228 g/mol. The summed E-state index contributed by atoms with van der Waals surface area (Å²) in [7, 11) is 0. The zero-order chi connectivity index (χ0) is 13.6. The summed E-state index contributed by atoms with van der Waals surface area (Å²) in [6, 6.07) is -0.439. The van der Waals surface area contributed by atoms with Crippen molar-refractivity contribution in [2.24, 2.45) is 11.7 Å². The van der Waals surface area contributed by atoms with E-state index in [2.05, 4.69) is 12.2 Å². The largest absolute Gasteiger partial charge is 0.388 e. The number of nitrogens with one attached hydrogen (secondary N) is 1. The highest BCUT2D eigenvalue weighted by atomic mass is 16.3. The van der Waals surface area contributed by atoms with Gasteiger partial charge in [0.1, 0.15) is 0 Å². The highest BCUT2D eigenvalue weighted by Gasteiger charge is 2.33. The SMILES string of the molecule is CCCC(N)C(=O)NCC1(O)CCC(CC)CC1. The van der Waals surface area contributed by atoms with Crippen molar-refractivity contribution in [3.63, 3.8) is 0 Å². The van der Waals surface area contributed by atoms with Gasteiger partial charge in [0.05, 0.1) is 11.6 Å². The van der Waals surface area contributed by atoms with Crippen LogP contribution in [-0.2, 0) is 4.79 Å². The van der Waals surface area contributed by atoms with E-state index in [9.17, 15) is 9.90 Å². The average molecular weight is 256 g/mol. The van der Waals surface area contributed by atoms with Crippen LogP contribution in [0.4, 0.5) is 0 Å². The van der Waals surface area contributed by atoms with Crippen molar-refractivity contribution in [1.82, 2.24) is 5.32 Å². The third-order valence-electron chi connectivity index (χ3n) is 4.14. The van der Waals surface area contributed by atoms with Gasteiger partial charge in [0.15, 0.2) is 0 Å². The normalized spacial score (nSPS) is 29.9. The molecule has 1 rings (SSSR count). The molecule has 0 radical (unpaired) electrons. The Morgan fingerprint density at radius 1 is 1.44 bits per heavy atom. The summed E-state index contributed by atoms with van der Waals surface area (Å²) in [5.74, 6) is 0.603. The second-order valence-electron chi connectivity index (χ2n) is 5.69. The maximum Gasteiger partial charge on any atom is 0.237 e. The van der Waals surface area contributed by atoms with Gasteiger partial charge in [-0.25, -0.2) is 0 Å². The summed E-state index contributed by atoms with van der Waals surface area (Å²) in [5, 5.41) is 13.2. The minimum atomic E-state index is -0.715. The monoisotopic (exact) mass is 256 g/mol. The molecule has 4 heteroatoms. The summed E-state index contributed by atoms with van der Waals surface area (Å²) >= 11 is 0. The first-order valence-corrected chi connectivity index (χ1v) is 7.26. The Bertz CT molecular complexity index is 261. The Kier molecular flexibility index (Phi) is 6.09. The maximum atomic E-state index is 11.7. The lowest BCUT2D eigenvalue weighted by atomic mass is 9.78. The second-order valence-corrected chi connectivity index (χ2v) is 5.69. The number of carbonyl (C=O) groups excluding carboxylic acids is 1. The molecule has 106 valence electrons. The van der Waals surface area contributed by atoms with E-state index in [1.54, 1.807) is 0 Å². The summed E-state index contributed by atoms with van der Waals surface area (Å²) in [5.41, 5.74) is 5.02. The molecule has 18 heavy (non-hydrogen) atoms. The average Bonchev–Trinajstić information content (AvgIpc) is 2.37. The molecule has 4 N–H and O–H groups in total. The van der Waals surface area contributed by atoms with Crippen LogP contribution >= 0.6 is 0 Å². The molecule has 1 atom stereocenters. The summed E-state index contributed by atoms with van der Waals surface area (Å²) < 4.78 is 0. The summed E-state index contributed by atoms with van der Waals surface area (Å²) in [6.45, 7) is 4.55. The van der Waals surface area contributed by atoms with Gasteiger partial charge >= 0.3 is 0 Å². The number of carbonyl (C=O) groups is 1. The third kappa shape index (κ3) is 4.58. The molecule has 0 saturated heterocycles. The zero-order valence-electron chi connectivity index (χ0n) is 11.7. The molecule has 0 aromatic rings. The van der Waals surface area contributed by atoms with Crippen molar-refractivity contribution < 1.29 is 9.90 Å². The van der Waals surface area contributed by atoms with E-state index in [0.717, 1.165) is 38.0 Å². The maximum absolute atomic E-state index is 11.7. The molecule has 0 aromatic carbocycles. The first-order valence-electron chi connectivity index (χ1n) is 7.26. The molecule has 1 unspecified atom stereocenters. The van der Waals surface area contributed by atoms with Gasteiger partial charge in [-0.05, 0) is 38.0 Å². The van der Waals surface area contributed by atoms with Gasteiger partial charge in [0.2, 0.25) is 5.91 Å².